The first-order valence-corrected chi connectivity index (χ1v) is 12.0. The Bertz CT molecular complexity index is 1860. The molecular formula is C26H24N6O5. The van der Waals surface area contributed by atoms with E-state index in [4.69, 9.17) is 4.42 Å². The van der Waals surface area contributed by atoms with Gasteiger partial charge in [-0.25, -0.2) is 14.6 Å². The largest absolute Gasteiger partial charge is 0.419 e. The number of fused-ring (bicyclic) bond motifs is 2. The number of ketones is 1. The average Bonchev–Trinajstić information content (AvgIpc) is 3.38. The van der Waals surface area contributed by atoms with Crippen LogP contribution in [0.25, 0.3) is 22.3 Å². The van der Waals surface area contributed by atoms with Crippen LogP contribution in [0.1, 0.15) is 40.4 Å². The molecule has 0 spiro atoms. The van der Waals surface area contributed by atoms with Crippen LogP contribution in [0.2, 0.25) is 0 Å². The predicted molar refractivity (Wildman–Crippen MR) is 138 cm³/mol. The monoisotopic (exact) mass is 500 g/mol. The normalized spacial score (nSPS) is 14.6. The fourth-order valence-corrected chi connectivity index (χ4v) is 5.32. The summed E-state index contributed by atoms with van der Waals surface area (Å²) in [4.78, 5) is 62.2. The molecule has 1 fully saturated rings. The van der Waals surface area contributed by atoms with Gasteiger partial charge in [-0.3, -0.25) is 23.7 Å². The quantitative estimate of drug-likeness (QED) is 0.361. The third-order valence-electron chi connectivity index (χ3n) is 7.09. The van der Waals surface area contributed by atoms with Gasteiger partial charge in [0.1, 0.15) is 5.82 Å². The molecular weight excluding hydrogens is 476 g/mol. The van der Waals surface area contributed by atoms with E-state index in [1.807, 2.05) is 11.0 Å². The number of hydrogen-bond donors (Lipinski definition) is 2. The molecule has 1 aromatic carbocycles. The molecule has 11 nitrogen and oxygen atoms in total. The van der Waals surface area contributed by atoms with Crippen molar-refractivity contribution in [1.82, 2.24) is 24.1 Å². The molecule has 188 valence electrons. The first-order valence-electron chi connectivity index (χ1n) is 12.0. The zero-order valence-electron chi connectivity index (χ0n) is 20.3. The van der Waals surface area contributed by atoms with Crippen molar-refractivity contribution in [2.24, 2.45) is 7.05 Å². The molecule has 6 rings (SSSR count). The van der Waals surface area contributed by atoms with Crippen LogP contribution in [0.15, 0.2) is 61.4 Å². The Balaban J connectivity index is 1.27. The first-order chi connectivity index (χ1) is 17.8. The van der Waals surface area contributed by atoms with Crippen molar-refractivity contribution in [3.63, 3.8) is 0 Å². The first kappa shape index (κ1) is 22.8. The van der Waals surface area contributed by atoms with Gasteiger partial charge < -0.3 is 14.3 Å². The highest BCUT2D eigenvalue weighted by Gasteiger charge is 2.25. The van der Waals surface area contributed by atoms with Crippen LogP contribution in [-0.2, 0) is 7.05 Å². The van der Waals surface area contributed by atoms with E-state index in [1.165, 1.54) is 16.7 Å². The standard InChI is InChI=1S/C26H24N6O5/c1-14-10-15(11-19-22(14)30(2)26(36)37-19)23(34)16-12-20(28-21(33)13-16)31-8-5-17(6-9-31)32-18-4-3-7-27-24(18)29-25(32)35/h3-4,7,10-13,17H,5-6,8-9H2,1-2H3,(H,28,33)(H,27,29,35). The van der Waals surface area contributed by atoms with Gasteiger partial charge in [-0.05, 0) is 55.7 Å². The summed E-state index contributed by atoms with van der Waals surface area (Å²) in [6.45, 7) is 2.99. The summed E-state index contributed by atoms with van der Waals surface area (Å²) in [5.41, 5.74) is 3.03. The molecule has 0 unspecified atom stereocenters. The molecule has 11 heteroatoms. The van der Waals surface area contributed by atoms with Gasteiger partial charge in [0.25, 0.3) is 0 Å². The van der Waals surface area contributed by atoms with Gasteiger partial charge >= 0.3 is 11.4 Å². The number of imidazole rings is 1. The zero-order valence-corrected chi connectivity index (χ0v) is 20.3. The second kappa shape index (κ2) is 8.47. The number of rotatable bonds is 4. The maximum absolute atomic E-state index is 13.3. The molecule has 0 bridgehead atoms. The van der Waals surface area contributed by atoms with Gasteiger partial charge in [0.2, 0.25) is 5.56 Å². The number of piperidine rings is 1. The van der Waals surface area contributed by atoms with E-state index < -0.39 is 5.76 Å². The third-order valence-corrected chi connectivity index (χ3v) is 7.09. The lowest BCUT2D eigenvalue weighted by atomic mass is 10.0. The Morgan fingerprint density at radius 1 is 1.05 bits per heavy atom. The van der Waals surface area contributed by atoms with Crippen molar-refractivity contribution in [3.05, 3.63) is 90.7 Å². The molecule has 1 saturated heterocycles. The second-order valence-corrected chi connectivity index (χ2v) is 9.40. The molecule has 1 aliphatic rings. The number of nitrogens with zero attached hydrogens (tertiary/aromatic N) is 4. The summed E-state index contributed by atoms with van der Waals surface area (Å²) in [7, 11) is 1.61. The highest BCUT2D eigenvalue weighted by molar-refractivity contribution is 6.10. The Hall–Kier alpha value is -4.67. The number of anilines is 1. The van der Waals surface area contributed by atoms with E-state index in [2.05, 4.69) is 15.0 Å². The van der Waals surface area contributed by atoms with Gasteiger partial charge in [0.15, 0.2) is 17.0 Å². The molecule has 0 aliphatic carbocycles. The summed E-state index contributed by atoms with van der Waals surface area (Å²) < 4.78 is 8.42. The van der Waals surface area contributed by atoms with Crippen molar-refractivity contribution in [2.75, 3.05) is 18.0 Å². The molecule has 0 radical (unpaired) electrons. The number of aromatic amines is 2. The highest BCUT2D eigenvalue weighted by atomic mass is 16.4. The van der Waals surface area contributed by atoms with E-state index >= 15 is 0 Å². The van der Waals surface area contributed by atoms with Crippen molar-refractivity contribution >= 4 is 33.9 Å². The molecule has 5 heterocycles. The Morgan fingerprint density at radius 3 is 2.59 bits per heavy atom. The molecule has 37 heavy (non-hydrogen) atoms. The molecule has 5 aromatic rings. The molecule has 0 amide bonds. The van der Waals surface area contributed by atoms with Crippen LogP contribution in [0, 0.1) is 6.92 Å². The van der Waals surface area contributed by atoms with Crippen molar-refractivity contribution < 1.29 is 9.21 Å². The van der Waals surface area contributed by atoms with Gasteiger partial charge in [-0.15, -0.1) is 0 Å². The number of aryl methyl sites for hydroxylation is 2. The van der Waals surface area contributed by atoms with E-state index in [1.54, 1.807) is 42.9 Å². The molecule has 1 aliphatic heterocycles. The maximum atomic E-state index is 13.3. The molecule has 4 aromatic heterocycles. The van der Waals surface area contributed by atoms with E-state index in [0.717, 1.165) is 11.1 Å². The average molecular weight is 501 g/mol. The number of carbonyl (C=O) groups excluding carboxylic acids is 1. The Kier molecular flexibility index (Phi) is 5.21. The number of aromatic nitrogens is 5. The number of carbonyl (C=O) groups is 1. The van der Waals surface area contributed by atoms with Gasteiger partial charge in [-0.2, -0.15) is 0 Å². The molecule has 0 saturated carbocycles. The lowest BCUT2D eigenvalue weighted by Crippen LogP contribution is -2.38. The summed E-state index contributed by atoms with van der Waals surface area (Å²) in [6, 6.07) is 9.85. The molecule has 2 N–H and O–H groups in total. The maximum Gasteiger partial charge on any atom is 0.419 e. The van der Waals surface area contributed by atoms with Crippen molar-refractivity contribution in [1.29, 1.82) is 0 Å². The van der Waals surface area contributed by atoms with Crippen LogP contribution in [0.5, 0.6) is 0 Å². The summed E-state index contributed by atoms with van der Waals surface area (Å²) >= 11 is 0. The Morgan fingerprint density at radius 2 is 1.81 bits per heavy atom. The highest BCUT2D eigenvalue weighted by Crippen LogP contribution is 2.27. The lowest BCUT2D eigenvalue weighted by molar-refractivity contribution is 0.103. The van der Waals surface area contributed by atoms with Crippen molar-refractivity contribution in [3.8, 4) is 0 Å². The number of oxazole rings is 1. The minimum atomic E-state index is -0.504. The lowest BCUT2D eigenvalue weighted by Gasteiger charge is -2.33. The minimum absolute atomic E-state index is 0.00605. The summed E-state index contributed by atoms with van der Waals surface area (Å²) in [5.74, 6) is -0.293. The van der Waals surface area contributed by atoms with Crippen molar-refractivity contribution in [2.45, 2.75) is 25.8 Å². The van der Waals surface area contributed by atoms with Crippen LogP contribution < -0.4 is 21.9 Å². The summed E-state index contributed by atoms with van der Waals surface area (Å²) in [6.07, 6.45) is 3.01. The van der Waals surface area contributed by atoms with E-state index in [0.29, 0.717) is 54.1 Å². The van der Waals surface area contributed by atoms with Gasteiger partial charge in [0.05, 0.1) is 11.0 Å². The fraction of sp³-hybridized carbons (Fsp3) is 0.269. The van der Waals surface area contributed by atoms with Gasteiger partial charge in [0, 0.05) is 49.6 Å². The number of H-pyrrole nitrogens is 2. The number of hydrogen-bond acceptors (Lipinski definition) is 7. The Labute approximate surface area is 209 Å². The van der Waals surface area contributed by atoms with Crippen LogP contribution in [0.3, 0.4) is 0 Å². The minimum Gasteiger partial charge on any atom is -0.408 e. The number of nitrogens with one attached hydrogen (secondary N) is 2. The number of benzene rings is 1. The second-order valence-electron chi connectivity index (χ2n) is 9.40. The van der Waals surface area contributed by atoms with Crippen LogP contribution in [0.4, 0.5) is 5.82 Å². The third kappa shape index (κ3) is 3.79. The van der Waals surface area contributed by atoms with Gasteiger partial charge in [-0.1, -0.05) is 0 Å². The predicted octanol–water partition coefficient (Wildman–Crippen LogP) is 2.24. The van der Waals surface area contributed by atoms with E-state index in [9.17, 15) is 19.2 Å². The summed E-state index contributed by atoms with van der Waals surface area (Å²) in [5, 5.41) is 0. The SMILES string of the molecule is Cc1cc(C(=O)c2cc(N3CCC(n4c(=O)[nH]c5ncccc54)CC3)[nH]c(=O)c2)cc2oc(=O)n(C)c12. The smallest absolute Gasteiger partial charge is 0.408 e. The van der Waals surface area contributed by atoms with Crippen LogP contribution >= 0.6 is 0 Å². The molecule has 0 atom stereocenters. The van der Waals surface area contributed by atoms with E-state index in [-0.39, 0.29) is 28.6 Å². The fourth-order valence-electron chi connectivity index (χ4n) is 5.32. The topological polar surface area (TPSA) is 139 Å². The van der Waals surface area contributed by atoms with Crippen LogP contribution in [-0.4, -0.2) is 43.0 Å². The zero-order chi connectivity index (χ0) is 25.8. The number of pyridine rings is 2.